The minimum atomic E-state index is 0.200. The lowest BCUT2D eigenvalue weighted by molar-refractivity contribution is 0.471. The van der Waals surface area contributed by atoms with E-state index in [1.807, 2.05) is 0 Å². The maximum absolute atomic E-state index is 5.51. The molecule has 0 fully saturated rings. The van der Waals surface area contributed by atoms with Crippen LogP contribution in [0.15, 0.2) is 48.5 Å². The predicted molar refractivity (Wildman–Crippen MR) is 104 cm³/mol. The Bertz CT molecular complexity index is 647. The molecule has 23 heavy (non-hydrogen) atoms. The number of aryl methyl sites for hydroxylation is 2. The van der Waals surface area contributed by atoms with Crippen molar-refractivity contribution in [1.82, 2.24) is 5.32 Å². The molecule has 2 aromatic rings. The molecule has 122 valence electrons. The fourth-order valence-electron chi connectivity index (χ4n) is 2.67. The predicted octanol–water partition coefficient (Wildman–Crippen LogP) is 5.24. The molecule has 1 atom stereocenters. The Kier molecular flexibility index (Phi) is 6.17. The highest BCUT2D eigenvalue weighted by Gasteiger charge is 2.18. The fraction of sp³-hybridized carbons (Fsp3) is 0.350. The second-order valence-corrected chi connectivity index (χ2v) is 6.64. The molecule has 0 aliphatic carbocycles. The van der Waals surface area contributed by atoms with Gasteiger partial charge >= 0.3 is 0 Å². The topological polar surface area (TPSA) is 24.1 Å². The minimum Gasteiger partial charge on any atom is -0.355 e. The van der Waals surface area contributed by atoms with E-state index in [9.17, 15) is 0 Å². The van der Waals surface area contributed by atoms with E-state index in [-0.39, 0.29) is 6.04 Å². The number of thiocarbonyl (C=S) groups is 1. The normalized spacial score (nSPS) is 12.0. The summed E-state index contributed by atoms with van der Waals surface area (Å²) in [5.41, 5.74) is 4.93. The van der Waals surface area contributed by atoms with Crippen molar-refractivity contribution in [2.24, 2.45) is 5.92 Å². The van der Waals surface area contributed by atoms with E-state index in [4.69, 9.17) is 12.2 Å². The molecule has 0 bridgehead atoms. The molecule has 0 radical (unpaired) electrons. The average Bonchev–Trinajstić information content (AvgIpc) is 2.54. The Morgan fingerprint density at radius 3 is 2.26 bits per heavy atom. The summed E-state index contributed by atoms with van der Waals surface area (Å²) in [4.78, 5) is 0. The molecular weight excluding hydrogens is 300 g/mol. The van der Waals surface area contributed by atoms with Crippen molar-refractivity contribution in [2.75, 3.05) is 5.32 Å². The number of nitrogens with one attached hydrogen (secondary N) is 2. The van der Waals surface area contributed by atoms with Gasteiger partial charge in [-0.1, -0.05) is 57.2 Å². The van der Waals surface area contributed by atoms with E-state index >= 15 is 0 Å². The lowest BCUT2D eigenvalue weighted by atomic mass is 9.93. The molecular formula is C20H26N2S. The second-order valence-electron chi connectivity index (χ2n) is 6.23. The van der Waals surface area contributed by atoms with Crippen LogP contribution in [0.5, 0.6) is 0 Å². The van der Waals surface area contributed by atoms with Crippen molar-refractivity contribution >= 4 is 23.0 Å². The van der Waals surface area contributed by atoms with Crippen LogP contribution in [0.3, 0.4) is 0 Å². The molecule has 2 rings (SSSR count). The molecule has 0 saturated heterocycles. The highest BCUT2D eigenvalue weighted by molar-refractivity contribution is 7.80. The first-order valence-corrected chi connectivity index (χ1v) is 8.64. The molecule has 0 amide bonds. The first-order valence-electron chi connectivity index (χ1n) is 8.23. The summed E-state index contributed by atoms with van der Waals surface area (Å²) in [6.07, 6.45) is 1.05. The van der Waals surface area contributed by atoms with E-state index in [2.05, 4.69) is 86.9 Å². The number of hydrogen-bond donors (Lipinski definition) is 2. The Morgan fingerprint density at radius 2 is 1.70 bits per heavy atom. The third-order valence-corrected chi connectivity index (χ3v) is 4.32. The van der Waals surface area contributed by atoms with Crippen molar-refractivity contribution in [3.8, 4) is 0 Å². The quantitative estimate of drug-likeness (QED) is 0.735. The summed E-state index contributed by atoms with van der Waals surface area (Å²) in [5.74, 6) is 0.443. The van der Waals surface area contributed by atoms with E-state index in [1.165, 1.54) is 16.7 Å². The van der Waals surface area contributed by atoms with Crippen molar-refractivity contribution < 1.29 is 0 Å². The summed E-state index contributed by atoms with van der Waals surface area (Å²) in [7, 11) is 0. The summed E-state index contributed by atoms with van der Waals surface area (Å²) < 4.78 is 0. The maximum atomic E-state index is 5.51. The molecule has 2 N–H and O–H groups in total. The van der Waals surface area contributed by atoms with Gasteiger partial charge in [-0.2, -0.15) is 0 Å². The smallest absolute Gasteiger partial charge is 0.171 e. The van der Waals surface area contributed by atoms with Crippen molar-refractivity contribution in [2.45, 2.75) is 40.2 Å². The molecule has 0 unspecified atom stereocenters. The Labute approximate surface area is 145 Å². The molecule has 0 aliphatic heterocycles. The van der Waals surface area contributed by atoms with E-state index < -0.39 is 0 Å². The van der Waals surface area contributed by atoms with Crippen molar-refractivity contribution in [1.29, 1.82) is 0 Å². The lowest BCUT2D eigenvalue weighted by Gasteiger charge is -2.26. The highest BCUT2D eigenvalue weighted by Crippen LogP contribution is 2.24. The summed E-state index contributed by atoms with van der Waals surface area (Å²) >= 11 is 5.51. The van der Waals surface area contributed by atoms with Gasteiger partial charge < -0.3 is 10.6 Å². The number of anilines is 1. The van der Waals surface area contributed by atoms with Gasteiger partial charge in [0, 0.05) is 5.69 Å². The summed E-state index contributed by atoms with van der Waals surface area (Å²) in [6, 6.07) is 17.1. The van der Waals surface area contributed by atoms with Gasteiger partial charge in [0.15, 0.2) is 5.11 Å². The molecule has 2 nitrogen and oxygen atoms in total. The van der Waals surface area contributed by atoms with Gasteiger partial charge in [0.05, 0.1) is 6.04 Å². The van der Waals surface area contributed by atoms with Crippen LogP contribution in [-0.4, -0.2) is 5.11 Å². The lowest BCUT2D eigenvalue weighted by Crippen LogP contribution is -2.35. The third-order valence-electron chi connectivity index (χ3n) is 4.10. The Morgan fingerprint density at radius 1 is 1.04 bits per heavy atom. The highest BCUT2D eigenvalue weighted by atomic mass is 32.1. The zero-order valence-electron chi connectivity index (χ0n) is 14.4. The molecule has 0 aromatic heterocycles. The van der Waals surface area contributed by atoms with Crippen LogP contribution in [0, 0.1) is 12.8 Å². The number of hydrogen-bond acceptors (Lipinski definition) is 1. The second kappa shape index (κ2) is 8.11. The van der Waals surface area contributed by atoms with Crippen LogP contribution in [-0.2, 0) is 6.42 Å². The largest absolute Gasteiger partial charge is 0.355 e. The number of rotatable bonds is 5. The van der Waals surface area contributed by atoms with Crippen LogP contribution in [0.2, 0.25) is 0 Å². The molecule has 3 heteroatoms. The number of benzene rings is 2. The van der Waals surface area contributed by atoms with Crippen molar-refractivity contribution in [3.63, 3.8) is 0 Å². The fourth-order valence-corrected chi connectivity index (χ4v) is 2.92. The van der Waals surface area contributed by atoms with Gasteiger partial charge in [-0.25, -0.2) is 0 Å². The van der Waals surface area contributed by atoms with E-state index in [0.717, 1.165) is 12.1 Å². The first kappa shape index (κ1) is 17.5. The van der Waals surface area contributed by atoms with Gasteiger partial charge in [-0.15, -0.1) is 0 Å². The van der Waals surface area contributed by atoms with E-state index in [0.29, 0.717) is 11.0 Å². The van der Waals surface area contributed by atoms with Crippen LogP contribution >= 0.6 is 12.2 Å². The van der Waals surface area contributed by atoms with Crippen LogP contribution in [0.1, 0.15) is 43.5 Å². The van der Waals surface area contributed by atoms with Gasteiger partial charge in [0.2, 0.25) is 0 Å². The molecule has 0 spiro atoms. The Hall–Kier alpha value is -1.87. The summed E-state index contributed by atoms with van der Waals surface area (Å²) in [6.45, 7) is 8.72. The summed E-state index contributed by atoms with van der Waals surface area (Å²) in [5, 5.41) is 7.42. The first-order chi connectivity index (χ1) is 11.0. The molecule has 0 heterocycles. The monoisotopic (exact) mass is 326 g/mol. The van der Waals surface area contributed by atoms with Crippen LogP contribution in [0.25, 0.3) is 0 Å². The van der Waals surface area contributed by atoms with Crippen LogP contribution < -0.4 is 10.6 Å². The van der Waals surface area contributed by atoms with Crippen LogP contribution in [0.4, 0.5) is 5.69 Å². The van der Waals surface area contributed by atoms with E-state index in [1.54, 1.807) is 0 Å². The van der Waals surface area contributed by atoms with Gasteiger partial charge in [0.25, 0.3) is 0 Å². The average molecular weight is 327 g/mol. The van der Waals surface area contributed by atoms with Gasteiger partial charge in [-0.05, 0) is 60.3 Å². The molecule has 0 saturated carbocycles. The zero-order chi connectivity index (χ0) is 16.8. The molecule has 2 aromatic carbocycles. The minimum absolute atomic E-state index is 0.200. The van der Waals surface area contributed by atoms with Gasteiger partial charge in [0.1, 0.15) is 0 Å². The zero-order valence-corrected chi connectivity index (χ0v) is 15.2. The Balaban J connectivity index is 2.07. The molecule has 0 aliphatic rings. The SMILES string of the molecule is CCc1ccc(NC(=S)N[C@@H](c2ccccc2C)C(C)C)cc1. The standard InChI is InChI=1S/C20H26N2S/c1-5-16-10-12-17(13-11-16)21-20(23)22-19(14(2)3)18-9-7-6-8-15(18)4/h6-14,19H,5H2,1-4H3,(H2,21,22,23)/t19-/m1/s1. The van der Waals surface area contributed by atoms with Gasteiger partial charge in [-0.3, -0.25) is 0 Å². The van der Waals surface area contributed by atoms with Crippen molar-refractivity contribution in [3.05, 3.63) is 65.2 Å². The maximum Gasteiger partial charge on any atom is 0.171 e. The third kappa shape index (κ3) is 4.80.